The van der Waals surface area contributed by atoms with Crippen molar-refractivity contribution in [3.63, 3.8) is 0 Å². The molecule has 1 N–H and O–H groups in total. The first kappa shape index (κ1) is 22.7. The molecule has 172 valence electrons. The molecule has 2 aromatic carbocycles. The number of carbonyl (C=O) groups excluding carboxylic acids is 2. The monoisotopic (exact) mass is 457 g/mol. The molecule has 1 aliphatic rings. The molecule has 2 atom stereocenters. The van der Waals surface area contributed by atoms with Crippen molar-refractivity contribution in [3.05, 3.63) is 77.5 Å². The maximum atomic E-state index is 13.4. The molecule has 0 spiro atoms. The lowest BCUT2D eigenvalue weighted by Gasteiger charge is -2.24. The van der Waals surface area contributed by atoms with Gasteiger partial charge < -0.3 is 10.1 Å². The maximum Gasteiger partial charge on any atom is 0.416 e. The summed E-state index contributed by atoms with van der Waals surface area (Å²) >= 11 is 0. The van der Waals surface area contributed by atoms with E-state index in [2.05, 4.69) is 10.3 Å². The Labute approximate surface area is 188 Å². The number of aromatic nitrogens is 1. The SMILES string of the molecule is COC(=O)[C@@H]1C[C@@H](NC(=O)c2ccc3ccccc3n2)CN1Cc1ccccc1C(F)(F)F. The van der Waals surface area contributed by atoms with Crippen molar-refractivity contribution < 1.29 is 27.5 Å². The fraction of sp³-hybridized carbons (Fsp3) is 0.292. The molecule has 0 bridgehead atoms. The molecule has 0 aliphatic carbocycles. The van der Waals surface area contributed by atoms with Crippen LogP contribution < -0.4 is 5.32 Å². The summed E-state index contributed by atoms with van der Waals surface area (Å²) in [6.45, 7) is 0.0985. The summed E-state index contributed by atoms with van der Waals surface area (Å²) < 4.78 is 45.1. The van der Waals surface area contributed by atoms with Gasteiger partial charge in [-0.1, -0.05) is 42.5 Å². The fourth-order valence-electron chi connectivity index (χ4n) is 4.17. The van der Waals surface area contributed by atoms with Gasteiger partial charge in [0.25, 0.3) is 5.91 Å². The molecule has 1 fully saturated rings. The van der Waals surface area contributed by atoms with Gasteiger partial charge in [-0.05, 0) is 30.2 Å². The smallest absolute Gasteiger partial charge is 0.416 e. The molecule has 1 aromatic heterocycles. The van der Waals surface area contributed by atoms with E-state index < -0.39 is 35.7 Å². The molecular formula is C24H22F3N3O3. The van der Waals surface area contributed by atoms with Crippen molar-refractivity contribution in [1.29, 1.82) is 0 Å². The van der Waals surface area contributed by atoms with Crippen molar-refractivity contribution in [2.45, 2.75) is 31.2 Å². The number of methoxy groups -OCH3 is 1. The second-order valence-corrected chi connectivity index (χ2v) is 7.92. The predicted octanol–water partition coefficient (Wildman–Crippen LogP) is 3.80. The zero-order chi connectivity index (χ0) is 23.6. The van der Waals surface area contributed by atoms with E-state index in [1.165, 1.54) is 25.3 Å². The number of pyridine rings is 1. The second kappa shape index (κ2) is 9.19. The molecule has 2 heterocycles. The number of fused-ring (bicyclic) bond motifs is 1. The average Bonchev–Trinajstić information content (AvgIpc) is 3.19. The number of alkyl halides is 3. The normalized spacial score (nSPS) is 18.9. The van der Waals surface area contributed by atoms with E-state index >= 15 is 0 Å². The topological polar surface area (TPSA) is 71.5 Å². The average molecular weight is 457 g/mol. The Morgan fingerprint density at radius 1 is 1.09 bits per heavy atom. The summed E-state index contributed by atoms with van der Waals surface area (Å²) in [7, 11) is 1.23. The number of rotatable bonds is 5. The third-order valence-electron chi connectivity index (χ3n) is 5.74. The summed E-state index contributed by atoms with van der Waals surface area (Å²) in [6.07, 6.45) is -4.29. The minimum absolute atomic E-state index is 0.0575. The number of nitrogens with one attached hydrogen (secondary N) is 1. The highest BCUT2D eigenvalue weighted by molar-refractivity contribution is 5.95. The van der Waals surface area contributed by atoms with E-state index in [0.29, 0.717) is 5.52 Å². The van der Waals surface area contributed by atoms with Gasteiger partial charge >= 0.3 is 12.1 Å². The van der Waals surface area contributed by atoms with Crippen LogP contribution in [0.2, 0.25) is 0 Å². The molecule has 3 aromatic rings. The summed E-state index contributed by atoms with van der Waals surface area (Å²) in [5.74, 6) is -0.966. The standard InChI is InChI=1S/C24H22F3N3O3/c1-33-23(32)21-12-17(14-30(21)13-16-7-2-4-8-18(16)24(25,26)27)28-22(31)20-11-10-15-6-3-5-9-19(15)29-20/h2-11,17,21H,12-14H2,1H3,(H,28,31)/t17-,21+/m1/s1. The van der Waals surface area contributed by atoms with Crippen molar-refractivity contribution in [3.8, 4) is 0 Å². The van der Waals surface area contributed by atoms with Gasteiger partial charge in [0, 0.05) is 24.5 Å². The Balaban J connectivity index is 1.52. The molecule has 1 aliphatic heterocycles. The first-order valence-corrected chi connectivity index (χ1v) is 10.4. The summed E-state index contributed by atoms with van der Waals surface area (Å²) in [5.41, 5.74) is 0.210. The summed E-state index contributed by atoms with van der Waals surface area (Å²) in [4.78, 5) is 31.1. The number of likely N-dealkylation sites (tertiary alicyclic amines) is 1. The van der Waals surface area contributed by atoms with Gasteiger partial charge in [-0.25, -0.2) is 4.98 Å². The number of amides is 1. The van der Waals surface area contributed by atoms with Gasteiger partial charge in [0.05, 0.1) is 18.2 Å². The Morgan fingerprint density at radius 3 is 2.58 bits per heavy atom. The van der Waals surface area contributed by atoms with Gasteiger partial charge in [-0.15, -0.1) is 0 Å². The number of esters is 1. The number of ether oxygens (including phenoxy) is 1. The first-order chi connectivity index (χ1) is 15.8. The van der Waals surface area contributed by atoms with Crippen LogP contribution in [0.25, 0.3) is 10.9 Å². The number of carbonyl (C=O) groups is 2. The number of para-hydroxylation sites is 1. The molecule has 6 nitrogen and oxygen atoms in total. The zero-order valence-corrected chi connectivity index (χ0v) is 17.8. The minimum Gasteiger partial charge on any atom is -0.468 e. The van der Waals surface area contributed by atoms with Crippen LogP contribution in [0.1, 0.15) is 28.0 Å². The van der Waals surface area contributed by atoms with Gasteiger partial charge in [0.1, 0.15) is 11.7 Å². The lowest BCUT2D eigenvalue weighted by atomic mass is 10.1. The lowest BCUT2D eigenvalue weighted by molar-refractivity contribution is -0.146. The third-order valence-corrected chi connectivity index (χ3v) is 5.74. The van der Waals surface area contributed by atoms with Crippen molar-refractivity contribution in [2.75, 3.05) is 13.7 Å². The van der Waals surface area contributed by atoms with Crippen LogP contribution in [0.5, 0.6) is 0 Å². The number of hydrogen-bond donors (Lipinski definition) is 1. The lowest BCUT2D eigenvalue weighted by Crippen LogP contribution is -2.38. The molecular weight excluding hydrogens is 435 g/mol. The number of hydrogen-bond acceptors (Lipinski definition) is 5. The zero-order valence-electron chi connectivity index (χ0n) is 17.8. The van der Waals surface area contributed by atoms with Crippen molar-refractivity contribution >= 4 is 22.8 Å². The maximum absolute atomic E-state index is 13.4. The Kier molecular flexibility index (Phi) is 6.33. The predicted molar refractivity (Wildman–Crippen MR) is 115 cm³/mol. The molecule has 0 radical (unpaired) electrons. The van der Waals surface area contributed by atoms with E-state index in [4.69, 9.17) is 4.74 Å². The minimum atomic E-state index is -4.51. The van der Waals surface area contributed by atoms with E-state index in [1.807, 2.05) is 18.2 Å². The molecule has 4 rings (SSSR count). The largest absolute Gasteiger partial charge is 0.468 e. The third kappa shape index (κ3) is 4.98. The van der Waals surface area contributed by atoms with E-state index in [-0.39, 0.29) is 30.8 Å². The number of halogens is 3. The van der Waals surface area contributed by atoms with Gasteiger partial charge in [0.15, 0.2) is 0 Å². The molecule has 9 heteroatoms. The Hall–Kier alpha value is -3.46. The Morgan fingerprint density at radius 2 is 1.82 bits per heavy atom. The van der Waals surface area contributed by atoms with Crippen LogP contribution in [-0.2, 0) is 22.3 Å². The van der Waals surface area contributed by atoms with Crippen LogP contribution in [0.3, 0.4) is 0 Å². The molecule has 33 heavy (non-hydrogen) atoms. The van der Waals surface area contributed by atoms with Crippen LogP contribution >= 0.6 is 0 Å². The van der Waals surface area contributed by atoms with Crippen LogP contribution in [0, 0.1) is 0 Å². The fourth-order valence-corrected chi connectivity index (χ4v) is 4.17. The first-order valence-electron chi connectivity index (χ1n) is 10.4. The molecule has 0 saturated carbocycles. The molecule has 1 saturated heterocycles. The highest BCUT2D eigenvalue weighted by atomic mass is 19.4. The molecule has 0 unspecified atom stereocenters. The van der Waals surface area contributed by atoms with Crippen molar-refractivity contribution in [2.24, 2.45) is 0 Å². The van der Waals surface area contributed by atoms with E-state index in [1.54, 1.807) is 23.1 Å². The number of nitrogens with zero attached hydrogens (tertiary/aromatic N) is 2. The van der Waals surface area contributed by atoms with Crippen molar-refractivity contribution in [1.82, 2.24) is 15.2 Å². The van der Waals surface area contributed by atoms with E-state index in [0.717, 1.165) is 11.5 Å². The summed E-state index contributed by atoms with van der Waals surface area (Å²) in [5, 5.41) is 3.75. The van der Waals surface area contributed by atoms with Crippen LogP contribution in [-0.4, -0.2) is 47.5 Å². The second-order valence-electron chi connectivity index (χ2n) is 7.92. The van der Waals surface area contributed by atoms with Gasteiger partial charge in [-0.2, -0.15) is 13.2 Å². The highest BCUT2D eigenvalue weighted by Gasteiger charge is 2.40. The number of benzene rings is 2. The van der Waals surface area contributed by atoms with Gasteiger partial charge in [-0.3, -0.25) is 14.5 Å². The quantitative estimate of drug-likeness (QED) is 0.591. The van der Waals surface area contributed by atoms with E-state index in [9.17, 15) is 22.8 Å². The highest BCUT2D eigenvalue weighted by Crippen LogP contribution is 2.33. The molecule has 1 amide bonds. The summed E-state index contributed by atoms with van der Waals surface area (Å²) in [6, 6.07) is 14.8. The van der Waals surface area contributed by atoms with Crippen LogP contribution in [0.15, 0.2) is 60.7 Å². The Bertz CT molecular complexity index is 1180. The van der Waals surface area contributed by atoms with Crippen LogP contribution in [0.4, 0.5) is 13.2 Å². The van der Waals surface area contributed by atoms with Gasteiger partial charge in [0.2, 0.25) is 0 Å².